The Balaban J connectivity index is 1.23. The van der Waals surface area contributed by atoms with E-state index in [0.717, 1.165) is 44.5 Å². The van der Waals surface area contributed by atoms with Crippen LogP contribution in [0.25, 0.3) is 105 Å². The van der Waals surface area contributed by atoms with Crippen LogP contribution in [0.15, 0.2) is 206 Å². The van der Waals surface area contributed by atoms with Gasteiger partial charge in [0.1, 0.15) is 0 Å². The van der Waals surface area contributed by atoms with Gasteiger partial charge in [-0.05, 0) is 80.2 Å². The first-order chi connectivity index (χ1) is 28.3. The van der Waals surface area contributed by atoms with Crippen LogP contribution in [0.2, 0.25) is 0 Å². The van der Waals surface area contributed by atoms with E-state index in [-0.39, 0.29) is 0 Å². The maximum Gasteiger partial charge on any atom is 0.164 e. The molecule has 0 saturated heterocycles. The minimum atomic E-state index is 0.630. The van der Waals surface area contributed by atoms with E-state index in [1.54, 1.807) is 0 Å². The highest BCUT2D eigenvalue weighted by Crippen LogP contribution is 2.45. The lowest BCUT2D eigenvalue weighted by Crippen LogP contribution is -2.01. The molecular formula is C53H34N4. The first-order valence-corrected chi connectivity index (χ1v) is 19.3. The molecule has 0 saturated carbocycles. The van der Waals surface area contributed by atoms with Gasteiger partial charge in [0.2, 0.25) is 0 Å². The molecule has 0 N–H and O–H groups in total. The third-order valence-electron chi connectivity index (χ3n) is 11.0. The number of para-hydroxylation sites is 1. The third-order valence-corrected chi connectivity index (χ3v) is 11.0. The Hall–Kier alpha value is -7.69. The molecule has 4 heteroatoms. The summed E-state index contributed by atoms with van der Waals surface area (Å²) < 4.78 is 2.42. The van der Waals surface area contributed by atoms with Gasteiger partial charge in [-0.2, -0.15) is 0 Å². The molecule has 0 atom stereocenters. The van der Waals surface area contributed by atoms with Crippen molar-refractivity contribution in [3.63, 3.8) is 0 Å². The number of benzene rings is 9. The number of aromatic nitrogens is 4. The summed E-state index contributed by atoms with van der Waals surface area (Å²) in [5.41, 5.74) is 10.8. The molecular weight excluding hydrogens is 693 g/mol. The van der Waals surface area contributed by atoms with Crippen molar-refractivity contribution in [2.24, 2.45) is 0 Å². The first kappa shape index (κ1) is 32.7. The van der Waals surface area contributed by atoms with Gasteiger partial charge in [-0.15, -0.1) is 0 Å². The molecule has 57 heavy (non-hydrogen) atoms. The highest BCUT2D eigenvalue weighted by Gasteiger charge is 2.22. The quantitative estimate of drug-likeness (QED) is 0.160. The Morgan fingerprint density at radius 2 is 0.842 bits per heavy atom. The Bertz CT molecular complexity index is 3210. The lowest BCUT2D eigenvalue weighted by molar-refractivity contribution is 1.07. The van der Waals surface area contributed by atoms with Gasteiger partial charge in [0.15, 0.2) is 17.5 Å². The maximum absolute atomic E-state index is 5.17. The molecule has 0 aliphatic heterocycles. The molecule has 11 rings (SSSR count). The Morgan fingerprint density at radius 3 is 1.53 bits per heavy atom. The zero-order chi connectivity index (χ0) is 37.7. The van der Waals surface area contributed by atoms with Crippen LogP contribution in [0.5, 0.6) is 0 Å². The smallest absolute Gasteiger partial charge is 0.164 e. The third kappa shape index (κ3) is 5.58. The molecule has 0 fully saturated rings. The maximum atomic E-state index is 5.17. The molecule has 0 radical (unpaired) electrons. The van der Waals surface area contributed by atoms with E-state index in [0.29, 0.717) is 17.5 Å². The van der Waals surface area contributed by atoms with E-state index in [2.05, 4.69) is 174 Å². The average Bonchev–Trinajstić information content (AvgIpc) is 3.62. The normalized spacial score (nSPS) is 11.5. The van der Waals surface area contributed by atoms with Crippen LogP contribution >= 0.6 is 0 Å². The second-order valence-corrected chi connectivity index (χ2v) is 14.4. The summed E-state index contributed by atoms with van der Waals surface area (Å²) >= 11 is 0. The van der Waals surface area contributed by atoms with Crippen LogP contribution in [-0.4, -0.2) is 19.5 Å². The van der Waals surface area contributed by atoms with E-state index >= 15 is 0 Å². The number of hydrogen-bond donors (Lipinski definition) is 0. The number of fused-ring (bicyclic) bond motifs is 6. The summed E-state index contributed by atoms with van der Waals surface area (Å²) in [6.45, 7) is 0. The second kappa shape index (κ2) is 13.6. The van der Waals surface area contributed by atoms with Gasteiger partial charge in [0.25, 0.3) is 0 Å². The van der Waals surface area contributed by atoms with Crippen molar-refractivity contribution >= 4 is 43.4 Å². The van der Waals surface area contributed by atoms with Crippen LogP contribution in [0.1, 0.15) is 0 Å². The zero-order valence-corrected chi connectivity index (χ0v) is 30.9. The molecule has 266 valence electrons. The SMILES string of the molecule is c1ccc(-c2nc(-c3ccccc3)nc(-c3ccccc3-c3cccc4c3c3cc5c(-c6ccccc6)cc6ccccc6c5cc3n4-c3ccccc3)n2)cc1. The highest BCUT2D eigenvalue weighted by atomic mass is 15.0. The van der Waals surface area contributed by atoms with E-state index < -0.39 is 0 Å². The molecule has 0 aliphatic rings. The molecule has 0 unspecified atom stereocenters. The molecule has 9 aromatic carbocycles. The van der Waals surface area contributed by atoms with Crippen molar-refractivity contribution in [3.05, 3.63) is 206 Å². The molecule has 4 nitrogen and oxygen atoms in total. The summed E-state index contributed by atoms with van der Waals surface area (Å²) in [6, 6.07) is 72.9. The Morgan fingerprint density at radius 1 is 0.298 bits per heavy atom. The number of rotatable bonds is 6. The van der Waals surface area contributed by atoms with Crippen molar-refractivity contribution in [1.29, 1.82) is 0 Å². The predicted octanol–water partition coefficient (Wildman–Crippen LogP) is 13.6. The summed E-state index contributed by atoms with van der Waals surface area (Å²) in [4.78, 5) is 15.3. The van der Waals surface area contributed by atoms with Gasteiger partial charge in [0.05, 0.1) is 11.0 Å². The van der Waals surface area contributed by atoms with Crippen LogP contribution in [0, 0.1) is 0 Å². The molecule has 11 aromatic rings. The zero-order valence-electron chi connectivity index (χ0n) is 30.9. The standard InChI is InChI=1S/C53H34N4/c1-5-18-35(19-6-1)44-32-38-24-13-14-27-40(38)46-34-49-47(33-45(44)46)50-42(30-17-31-48(50)57(49)39-25-11-4-12-26-39)41-28-15-16-29-43(41)53-55-51(36-20-7-2-8-21-36)54-52(56-53)37-22-9-3-10-23-37/h1-34H. The van der Waals surface area contributed by atoms with Crippen molar-refractivity contribution in [2.75, 3.05) is 0 Å². The lowest BCUT2D eigenvalue weighted by Gasteiger charge is -2.14. The van der Waals surface area contributed by atoms with Gasteiger partial charge in [-0.1, -0.05) is 170 Å². The van der Waals surface area contributed by atoms with Gasteiger partial charge < -0.3 is 4.57 Å². The average molecular weight is 727 g/mol. The van der Waals surface area contributed by atoms with E-state index in [1.165, 1.54) is 43.4 Å². The Labute approximate surface area is 330 Å². The number of nitrogens with zero attached hydrogens (tertiary/aromatic N) is 4. The largest absolute Gasteiger partial charge is 0.309 e. The summed E-state index contributed by atoms with van der Waals surface area (Å²) in [5.74, 6) is 1.91. The molecule has 0 aliphatic carbocycles. The van der Waals surface area contributed by atoms with Crippen LogP contribution in [0.3, 0.4) is 0 Å². The van der Waals surface area contributed by atoms with E-state index in [9.17, 15) is 0 Å². The summed E-state index contributed by atoms with van der Waals surface area (Å²) in [7, 11) is 0. The summed E-state index contributed by atoms with van der Waals surface area (Å²) in [5, 5.41) is 7.28. The molecule has 0 bridgehead atoms. The van der Waals surface area contributed by atoms with Gasteiger partial charge in [-0.3, -0.25) is 0 Å². The minimum absolute atomic E-state index is 0.630. The fourth-order valence-electron chi connectivity index (χ4n) is 8.44. The minimum Gasteiger partial charge on any atom is -0.309 e. The molecule has 0 spiro atoms. The van der Waals surface area contributed by atoms with E-state index in [4.69, 9.17) is 15.0 Å². The molecule has 0 amide bonds. The molecule has 2 aromatic heterocycles. The Kier molecular flexibility index (Phi) is 7.78. The van der Waals surface area contributed by atoms with Gasteiger partial charge >= 0.3 is 0 Å². The fourth-order valence-corrected chi connectivity index (χ4v) is 8.44. The van der Waals surface area contributed by atoms with Crippen LogP contribution in [-0.2, 0) is 0 Å². The highest BCUT2D eigenvalue weighted by molar-refractivity contribution is 6.24. The van der Waals surface area contributed by atoms with Crippen molar-refractivity contribution in [3.8, 4) is 62.1 Å². The van der Waals surface area contributed by atoms with Crippen LogP contribution in [0.4, 0.5) is 0 Å². The first-order valence-electron chi connectivity index (χ1n) is 19.3. The predicted molar refractivity (Wildman–Crippen MR) is 236 cm³/mol. The van der Waals surface area contributed by atoms with Crippen molar-refractivity contribution in [1.82, 2.24) is 19.5 Å². The monoisotopic (exact) mass is 726 g/mol. The molecule has 2 heterocycles. The lowest BCUT2D eigenvalue weighted by atomic mass is 9.91. The number of hydrogen-bond acceptors (Lipinski definition) is 3. The van der Waals surface area contributed by atoms with Crippen LogP contribution < -0.4 is 0 Å². The second-order valence-electron chi connectivity index (χ2n) is 14.4. The summed E-state index contributed by atoms with van der Waals surface area (Å²) in [6.07, 6.45) is 0. The van der Waals surface area contributed by atoms with Crippen molar-refractivity contribution in [2.45, 2.75) is 0 Å². The topological polar surface area (TPSA) is 43.6 Å². The van der Waals surface area contributed by atoms with E-state index in [1.807, 2.05) is 36.4 Å². The fraction of sp³-hybridized carbons (Fsp3) is 0. The van der Waals surface area contributed by atoms with Gasteiger partial charge in [-0.25, -0.2) is 15.0 Å². The van der Waals surface area contributed by atoms with Gasteiger partial charge in [0, 0.05) is 33.2 Å². The van der Waals surface area contributed by atoms with Crippen molar-refractivity contribution < 1.29 is 0 Å².